The maximum Gasteiger partial charge on any atom is 0.242 e. The van der Waals surface area contributed by atoms with Gasteiger partial charge in [0.05, 0.1) is 5.70 Å². The summed E-state index contributed by atoms with van der Waals surface area (Å²) in [6.45, 7) is 3.14. The number of hydrogen-bond donors (Lipinski definition) is 1. The third-order valence-electron chi connectivity index (χ3n) is 0.252. The molecule has 0 heterocycles. The van der Waals surface area contributed by atoms with Crippen molar-refractivity contribution in [1.29, 1.82) is 0 Å². The van der Waals surface area contributed by atoms with Crippen LogP contribution in [-0.4, -0.2) is 4.69 Å². The highest BCUT2D eigenvalue weighted by atomic mass is 79.9. The summed E-state index contributed by atoms with van der Waals surface area (Å²) in [6, 6.07) is 0. The molecule has 2 nitrogen and oxygen atoms in total. The van der Waals surface area contributed by atoms with Gasteiger partial charge < -0.3 is 5.73 Å². The molecule has 0 rings (SSSR count). The van der Waals surface area contributed by atoms with E-state index in [1.807, 2.05) is 0 Å². The predicted molar refractivity (Wildman–Crippen MR) is 27.3 cm³/mol. The minimum atomic E-state index is -0.345. The van der Waals surface area contributed by atoms with Crippen LogP contribution in [0.1, 0.15) is 0 Å². The number of allylic oxidation sites excluding steroid dienone is 1. The van der Waals surface area contributed by atoms with Gasteiger partial charge in [-0.2, -0.15) is 0 Å². The molecule has 3 heteroatoms. The van der Waals surface area contributed by atoms with Crippen LogP contribution < -0.4 is 5.73 Å². The fourth-order valence-electron chi connectivity index (χ4n) is 0. The van der Waals surface area contributed by atoms with Gasteiger partial charge in [-0.3, -0.25) is 4.79 Å². The Morgan fingerprint density at radius 3 is 2.00 bits per heavy atom. The highest BCUT2D eigenvalue weighted by Gasteiger charge is 1.89. The molecule has 0 saturated carbocycles. The summed E-state index contributed by atoms with van der Waals surface area (Å²) in [7, 11) is 0. The zero-order valence-corrected chi connectivity index (χ0v) is 4.66. The molecule has 6 heavy (non-hydrogen) atoms. The standard InChI is InChI=1S/C3H4BrNO/c1-2(5)3(4)6/h1,5H2. The van der Waals surface area contributed by atoms with Crippen molar-refractivity contribution in [3.63, 3.8) is 0 Å². The van der Waals surface area contributed by atoms with Gasteiger partial charge in [0, 0.05) is 0 Å². The predicted octanol–water partition coefficient (Wildman–Crippen LogP) is 0.380. The first-order valence-corrected chi connectivity index (χ1v) is 2.08. The van der Waals surface area contributed by atoms with Gasteiger partial charge in [-0.15, -0.1) is 0 Å². The molecule has 0 saturated heterocycles. The lowest BCUT2D eigenvalue weighted by Crippen LogP contribution is -2.00. The summed E-state index contributed by atoms with van der Waals surface area (Å²) < 4.78 is -0.345. The van der Waals surface area contributed by atoms with Gasteiger partial charge in [0.25, 0.3) is 0 Å². The second-order valence-corrected chi connectivity index (χ2v) is 1.52. The van der Waals surface area contributed by atoms with E-state index in [1.54, 1.807) is 0 Å². The first kappa shape index (κ1) is 5.69. The molecule has 0 aliphatic heterocycles. The van der Waals surface area contributed by atoms with E-state index in [2.05, 4.69) is 22.5 Å². The molecule has 0 aromatic heterocycles. The maximum atomic E-state index is 9.84. The summed E-state index contributed by atoms with van der Waals surface area (Å²) in [4.78, 5) is 9.84. The second-order valence-electron chi connectivity index (χ2n) is 0.799. The molecular weight excluding hydrogens is 146 g/mol. The topological polar surface area (TPSA) is 43.1 Å². The fourth-order valence-corrected chi connectivity index (χ4v) is 0. The van der Waals surface area contributed by atoms with Crippen LogP contribution in [-0.2, 0) is 4.79 Å². The van der Waals surface area contributed by atoms with E-state index in [9.17, 15) is 4.79 Å². The van der Waals surface area contributed by atoms with Crippen LogP contribution in [0.2, 0.25) is 0 Å². The van der Waals surface area contributed by atoms with Gasteiger partial charge >= 0.3 is 0 Å². The van der Waals surface area contributed by atoms with E-state index in [0.29, 0.717) is 0 Å². The van der Waals surface area contributed by atoms with Crippen LogP contribution in [0, 0.1) is 0 Å². The highest BCUT2D eigenvalue weighted by Crippen LogP contribution is 1.87. The Morgan fingerprint density at radius 2 is 2.00 bits per heavy atom. The number of halogens is 1. The Bertz CT molecular complexity index is 76.8. The summed E-state index contributed by atoms with van der Waals surface area (Å²) in [5.41, 5.74) is 4.88. The summed E-state index contributed by atoms with van der Waals surface area (Å²) in [5.74, 6) is 0. The van der Waals surface area contributed by atoms with Gasteiger partial charge in [0.2, 0.25) is 4.69 Å². The molecule has 0 fully saturated rings. The number of carbonyl (C=O) groups is 1. The first-order valence-electron chi connectivity index (χ1n) is 1.29. The zero-order chi connectivity index (χ0) is 5.15. The largest absolute Gasteiger partial charge is 0.396 e. The summed E-state index contributed by atoms with van der Waals surface area (Å²) >= 11 is 2.58. The van der Waals surface area contributed by atoms with Gasteiger partial charge in [-0.05, 0) is 15.9 Å². The van der Waals surface area contributed by atoms with Crippen molar-refractivity contribution in [2.24, 2.45) is 5.73 Å². The van der Waals surface area contributed by atoms with Crippen molar-refractivity contribution < 1.29 is 4.79 Å². The normalized spacial score (nSPS) is 7.50. The second kappa shape index (κ2) is 1.97. The van der Waals surface area contributed by atoms with E-state index in [0.717, 1.165) is 0 Å². The molecule has 0 radical (unpaired) electrons. The molecule has 0 aromatic carbocycles. The van der Waals surface area contributed by atoms with Crippen molar-refractivity contribution in [1.82, 2.24) is 0 Å². The third-order valence-corrected chi connectivity index (χ3v) is 0.762. The van der Waals surface area contributed by atoms with E-state index >= 15 is 0 Å². The molecule has 0 aliphatic rings. The minimum Gasteiger partial charge on any atom is -0.396 e. The van der Waals surface area contributed by atoms with Gasteiger partial charge in [0.1, 0.15) is 0 Å². The van der Waals surface area contributed by atoms with E-state index in [4.69, 9.17) is 5.73 Å². The van der Waals surface area contributed by atoms with E-state index < -0.39 is 0 Å². The molecule has 0 spiro atoms. The van der Waals surface area contributed by atoms with Crippen molar-refractivity contribution in [3.8, 4) is 0 Å². The molecular formula is C3H4BrNO. The lowest BCUT2D eigenvalue weighted by atomic mass is 10.6. The smallest absolute Gasteiger partial charge is 0.242 e. The van der Waals surface area contributed by atoms with Crippen molar-refractivity contribution in [2.45, 2.75) is 0 Å². The van der Waals surface area contributed by atoms with Gasteiger partial charge in [-0.1, -0.05) is 6.58 Å². The quantitative estimate of drug-likeness (QED) is 0.433. The van der Waals surface area contributed by atoms with Crippen LogP contribution in [0.5, 0.6) is 0 Å². The van der Waals surface area contributed by atoms with Gasteiger partial charge in [-0.25, -0.2) is 0 Å². The Balaban J connectivity index is 3.57. The number of nitrogens with two attached hydrogens (primary N) is 1. The van der Waals surface area contributed by atoms with Crippen LogP contribution in [0.25, 0.3) is 0 Å². The molecule has 34 valence electrons. The Kier molecular flexibility index (Phi) is 1.87. The minimum absolute atomic E-state index is 0.0370. The van der Waals surface area contributed by atoms with E-state index in [-0.39, 0.29) is 10.4 Å². The number of rotatable bonds is 1. The van der Waals surface area contributed by atoms with Gasteiger partial charge in [0.15, 0.2) is 0 Å². The van der Waals surface area contributed by atoms with E-state index in [1.165, 1.54) is 0 Å². The lowest BCUT2D eigenvalue weighted by molar-refractivity contribution is -0.107. The van der Waals surface area contributed by atoms with Crippen LogP contribution in [0.15, 0.2) is 12.3 Å². The van der Waals surface area contributed by atoms with Crippen LogP contribution in [0.3, 0.4) is 0 Å². The van der Waals surface area contributed by atoms with Crippen LogP contribution in [0.4, 0.5) is 0 Å². The van der Waals surface area contributed by atoms with Crippen molar-refractivity contribution >= 4 is 20.6 Å². The van der Waals surface area contributed by atoms with Crippen molar-refractivity contribution in [3.05, 3.63) is 12.3 Å². The molecule has 0 amide bonds. The summed E-state index contributed by atoms with van der Waals surface area (Å²) in [5, 5.41) is 0. The lowest BCUT2D eigenvalue weighted by Gasteiger charge is -1.79. The SMILES string of the molecule is C=C(N)C(=O)Br. The molecule has 0 atom stereocenters. The first-order chi connectivity index (χ1) is 2.64. The monoisotopic (exact) mass is 149 g/mol. The van der Waals surface area contributed by atoms with Crippen molar-refractivity contribution in [2.75, 3.05) is 0 Å². The third kappa shape index (κ3) is 1.96. The van der Waals surface area contributed by atoms with Crippen LogP contribution >= 0.6 is 15.9 Å². The average Bonchev–Trinajstić information content (AvgIpc) is 1.36. The maximum absolute atomic E-state index is 9.84. The molecule has 0 bridgehead atoms. The zero-order valence-electron chi connectivity index (χ0n) is 3.07. The molecule has 0 unspecified atom stereocenters. The Morgan fingerprint density at radius 1 is 1.83 bits per heavy atom. The Hall–Kier alpha value is -0.310. The molecule has 0 aliphatic carbocycles. The summed E-state index contributed by atoms with van der Waals surface area (Å²) in [6.07, 6.45) is 0. The number of carbonyl (C=O) groups excluding carboxylic acids is 1. The molecule has 0 aromatic rings. The highest BCUT2D eigenvalue weighted by molar-refractivity contribution is 9.18. The Labute approximate surface area is 44.1 Å². The fraction of sp³-hybridized carbons (Fsp3) is 0. The number of hydrogen-bond acceptors (Lipinski definition) is 2. The molecule has 2 N–H and O–H groups in total. The average molecular weight is 150 g/mol.